The first-order valence-electron chi connectivity index (χ1n) is 7.25. The summed E-state index contributed by atoms with van der Waals surface area (Å²) in [7, 11) is 0. The molecule has 0 aliphatic carbocycles. The highest BCUT2D eigenvalue weighted by Gasteiger charge is 2.42. The average Bonchev–Trinajstić information content (AvgIpc) is 2.81. The third-order valence-corrected chi connectivity index (χ3v) is 4.51. The number of benzene rings is 1. The van der Waals surface area contributed by atoms with Crippen LogP contribution in [0.25, 0.3) is 0 Å². The van der Waals surface area contributed by atoms with Crippen molar-refractivity contribution < 1.29 is 9.53 Å². The molecule has 4 heteroatoms. The molecule has 3 rings (SSSR count). The lowest BCUT2D eigenvalue weighted by molar-refractivity contribution is -0.113. The Morgan fingerprint density at radius 3 is 2.80 bits per heavy atom. The minimum atomic E-state index is -0.751. The van der Waals surface area contributed by atoms with Crippen molar-refractivity contribution in [2.45, 2.75) is 37.5 Å². The maximum atomic E-state index is 10.9. The van der Waals surface area contributed by atoms with Crippen LogP contribution in [0.4, 0.5) is 0 Å². The van der Waals surface area contributed by atoms with Crippen molar-refractivity contribution in [3.8, 4) is 0 Å². The molecule has 1 fully saturated rings. The Balaban J connectivity index is 1.69. The van der Waals surface area contributed by atoms with Gasteiger partial charge in [0.2, 0.25) is 0 Å². The number of nitrogens with zero attached hydrogens (tertiary/aromatic N) is 1. The fraction of sp³-hybridized carbons (Fsp3) is 0.562. The second kappa shape index (κ2) is 4.95. The summed E-state index contributed by atoms with van der Waals surface area (Å²) in [6, 6.07) is 8.50. The van der Waals surface area contributed by atoms with Crippen molar-refractivity contribution in [3.05, 3.63) is 35.4 Å². The number of nitrogens with two attached hydrogens (primary N) is 1. The van der Waals surface area contributed by atoms with Crippen molar-refractivity contribution in [3.63, 3.8) is 0 Å². The van der Waals surface area contributed by atoms with Gasteiger partial charge < -0.3 is 20.2 Å². The zero-order valence-corrected chi connectivity index (χ0v) is 12.0. The van der Waals surface area contributed by atoms with Gasteiger partial charge in [0.1, 0.15) is 6.29 Å². The Morgan fingerprint density at radius 2 is 2.10 bits per heavy atom. The molecule has 2 N–H and O–H groups in total. The van der Waals surface area contributed by atoms with Crippen LogP contribution in [0.1, 0.15) is 30.9 Å². The second-order valence-corrected chi connectivity index (χ2v) is 6.34. The van der Waals surface area contributed by atoms with Gasteiger partial charge in [0.25, 0.3) is 0 Å². The SMILES string of the molecule is CC(N)(C=O)CN1CCC2(CC1)OCc1ccccc12. The van der Waals surface area contributed by atoms with Gasteiger partial charge in [-0.15, -0.1) is 0 Å². The molecule has 0 bridgehead atoms. The number of ether oxygens (including phenoxy) is 1. The highest BCUT2D eigenvalue weighted by molar-refractivity contribution is 5.63. The summed E-state index contributed by atoms with van der Waals surface area (Å²) in [5.41, 5.74) is 7.73. The van der Waals surface area contributed by atoms with Crippen LogP contribution >= 0.6 is 0 Å². The maximum Gasteiger partial charge on any atom is 0.140 e. The molecule has 0 amide bonds. The van der Waals surface area contributed by atoms with E-state index >= 15 is 0 Å². The third-order valence-electron chi connectivity index (χ3n) is 4.51. The molecule has 1 aromatic carbocycles. The van der Waals surface area contributed by atoms with Gasteiger partial charge in [0, 0.05) is 19.6 Å². The topological polar surface area (TPSA) is 55.6 Å². The summed E-state index contributed by atoms with van der Waals surface area (Å²) in [5, 5.41) is 0. The number of carbonyl (C=O) groups is 1. The zero-order chi connectivity index (χ0) is 14.2. The van der Waals surface area contributed by atoms with E-state index in [0.29, 0.717) is 6.54 Å². The van der Waals surface area contributed by atoms with Gasteiger partial charge in [-0.05, 0) is 30.9 Å². The number of hydrogen-bond acceptors (Lipinski definition) is 4. The molecule has 0 radical (unpaired) electrons. The number of aldehydes is 1. The molecule has 1 spiro atoms. The van der Waals surface area contributed by atoms with Crippen molar-refractivity contribution >= 4 is 6.29 Å². The van der Waals surface area contributed by atoms with E-state index in [4.69, 9.17) is 10.5 Å². The molecule has 108 valence electrons. The minimum Gasteiger partial charge on any atom is -0.365 e. The summed E-state index contributed by atoms with van der Waals surface area (Å²) in [6.45, 7) is 4.98. The van der Waals surface area contributed by atoms with Crippen LogP contribution in [0.2, 0.25) is 0 Å². The summed E-state index contributed by atoms with van der Waals surface area (Å²) >= 11 is 0. The molecule has 2 heterocycles. The van der Waals surface area contributed by atoms with Crippen LogP contribution < -0.4 is 5.73 Å². The van der Waals surface area contributed by atoms with Gasteiger partial charge in [-0.2, -0.15) is 0 Å². The fourth-order valence-electron chi connectivity index (χ4n) is 3.39. The van der Waals surface area contributed by atoms with E-state index in [9.17, 15) is 4.79 Å². The molecule has 0 aromatic heterocycles. The smallest absolute Gasteiger partial charge is 0.140 e. The monoisotopic (exact) mass is 274 g/mol. The maximum absolute atomic E-state index is 10.9. The van der Waals surface area contributed by atoms with Gasteiger partial charge in [-0.3, -0.25) is 0 Å². The highest BCUT2D eigenvalue weighted by Crippen LogP contribution is 2.43. The normalized spacial score (nSPS) is 24.3. The molecule has 2 aliphatic rings. The molecule has 0 saturated carbocycles. The van der Waals surface area contributed by atoms with Gasteiger partial charge in [0.15, 0.2) is 0 Å². The standard InChI is InChI=1S/C16H22N2O2/c1-15(17,12-19)11-18-8-6-16(7-9-18)14-5-3-2-4-13(14)10-20-16/h2-5,12H,6-11,17H2,1H3. The molecule has 1 unspecified atom stereocenters. The average molecular weight is 274 g/mol. The van der Waals surface area contributed by atoms with Crippen molar-refractivity contribution in [1.29, 1.82) is 0 Å². The Morgan fingerprint density at radius 1 is 1.40 bits per heavy atom. The zero-order valence-electron chi connectivity index (χ0n) is 12.0. The summed E-state index contributed by atoms with van der Waals surface area (Å²) in [5.74, 6) is 0. The molecule has 1 saturated heterocycles. The van der Waals surface area contributed by atoms with Crippen LogP contribution in [0.3, 0.4) is 0 Å². The Bertz CT molecular complexity index is 505. The predicted octanol–water partition coefficient (Wildman–Crippen LogP) is 1.42. The number of rotatable bonds is 3. The predicted molar refractivity (Wildman–Crippen MR) is 77.2 cm³/mol. The van der Waals surface area contributed by atoms with Gasteiger partial charge >= 0.3 is 0 Å². The minimum absolute atomic E-state index is 0.112. The number of piperidine rings is 1. The molecule has 20 heavy (non-hydrogen) atoms. The fourth-order valence-corrected chi connectivity index (χ4v) is 3.39. The van der Waals surface area contributed by atoms with Crippen LogP contribution in [0.15, 0.2) is 24.3 Å². The molecule has 1 atom stereocenters. The van der Waals surface area contributed by atoms with E-state index in [0.717, 1.165) is 38.8 Å². The van der Waals surface area contributed by atoms with E-state index in [1.54, 1.807) is 6.92 Å². The largest absolute Gasteiger partial charge is 0.365 e. The lowest BCUT2D eigenvalue weighted by atomic mass is 9.83. The van der Waals surface area contributed by atoms with E-state index in [1.165, 1.54) is 11.1 Å². The summed E-state index contributed by atoms with van der Waals surface area (Å²) < 4.78 is 6.13. The third kappa shape index (κ3) is 2.39. The summed E-state index contributed by atoms with van der Waals surface area (Å²) in [4.78, 5) is 13.2. The first-order valence-corrected chi connectivity index (χ1v) is 7.25. The van der Waals surface area contributed by atoms with Crippen LogP contribution in [0, 0.1) is 0 Å². The first kappa shape index (κ1) is 13.7. The van der Waals surface area contributed by atoms with E-state index in [1.807, 2.05) is 0 Å². The summed E-state index contributed by atoms with van der Waals surface area (Å²) in [6.07, 6.45) is 2.79. The van der Waals surface area contributed by atoms with Crippen molar-refractivity contribution in [1.82, 2.24) is 4.90 Å². The number of likely N-dealkylation sites (tertiary alicyclic amines) is 1. The van der Waals surface area contributed by atoms with Crippen molar-refractivity contribution in [2.75, 3.05) is 19.6 Å². The van der Waals surface area contributed by atoms with Crippen molar-refractivity contribution in [2.24, 2.45) is 5.73 Å². The van der Waals surface area contributed by atoms with Crippen LogP contribution in [0.5, 0.6) is 0 Å². The Labute approximate surface area is 119 Å². The van der Waals surface area contributed by atoms with Crippen LogP contribution in [-0.4, -0.2) is 36.4 Å². The van der Waals surface area contributed by atoms with Gasteiger partial charge in [0.05, 0.1) is 17.7 Å². The lowest BCUT2D eigenvalue weighted by Gasteiger charge is -2.41. The number of hydrogen-bond donors (Lipinski definition) is 1. The van der Waals surface area contributed by atoms with E-state index < -0.39 is 5.54 Å². The molecular weight excluding hydrogens is 252 g/mol. The number of carbonyl (C=O) groups excluding carboxylic acids is 1. The first-order chi connectivity index (χ1) is 9.55. The molecular formula is C16H22N2O2. The highest BCUT2D eigenvalue weighted by atomic mass is 16.5. The van der Waals surface area contributed by atoms with Crippen LogP contribution in [-0.2, 0) is 21.7 Å². The quantitative estimate of drug-likeness (QED) is 0.847. The molecule has 2 aliphatic heterocycles. The molecule has 1 aromatic rings. The lowest BCUT2D eigenvalue weighted by Crippen LogP contribution is -2.53. The Kier molecular flexibility index (Phi) is 3.40. The molecule has 4 nitrogen and oxygen atoms in total. The van der Waals surface area contributed by atoms with Gasteiger partial charge in [-0.1, -0.05) is 24.3 Å². The number of fused-ring (bicyclic) bond motifs is 2. The second-order valence-electron chi connectivity index (χ2n) is 6.34. The Hall–Kier alpha value is -1.23. The van der Waals surface area contributed by atoms with E-state index in [2.05, 4.69) is 29.2 Å². The van der Waals surface area contributed by atoms with Gasteiger partial charge in [-0.25, -0.2) is 0 Å². The van der Waals surface area contributed by atoms with E-state index in [-0.39, 0.29) is 5.60 Å².